The van der Waals surface area contributed by atoms with Crippen LogP contribution < -0.4 is 5.32 Å². The largest absolute Gasteiger partial charge is 0.346 e. The Kier molecular flexibility index (Phi) is 3.77. The first-order valence-corrected chi connectivity index (χ1v) is 7.39. The van der Waals surface area contributed by atoms with Crippen LogP contribution in [0.2, 0.25) is 0 Å². The maximum atomic E-state index is 12.2. The molecule has 6 heteroatoms. The van der Waals surface area contributed by atoms with Crippen molar-refractivity contribution in [3.05, 3.63) is 36.4 Å². The summed E-state index contributed by atoms with van der Waals surface area (Å²) in [4.78, 5) is 20.8. The molecule has 0 unspecified atom stereocenters. The summed E-state index contributed by atoms with van der Waals surface area (Å²) in [6, 6.07) is 0.0429. The van der Waals surface area contributed by atoms with Gasteiger partial charge in [-0.3, -0.25) is 4.79 Å². The molecule has 1 aliphatic rings. The molecular formula is C15H21N5O. The summed E-state index contributed by atoms with van der Waals surface area (Å²) in [5.41, 5.74) is 0. The summed E-state index contributed by atoms with van der Waals surface area (Å²) in [7, 11) is 1.97. The first-order chi connectivity index (χ1) is 10.1. The molecule has 0 aromatic carbocycles. The lowest BCUT2D eigenvalue weighted by Crippen LogP contribution is -2.32. The number of aryl methyl sites for hydroxylation is 3. The Balaban J connectivity index is 1.60. The molecule has 0 aliphatic heterocycles. The van der Waals surface area contributed by atoms with Gasteiger partial charge in [0.15, 0.2) is 0 Å². The highest BCUT2D eigenvalue weighted by molar-refractivity contribution is 5.76. The Bertz CT molecular complexity index is 626. The smallest absolute Gasteiger partial charge is 0.222 e. The van der Waals surface area contributed by atoms with Crippen LogP contribution in [0.25, 0.3) is 0 Å². The van der Waals surface area contributed by atoms with Crippen molar-refractivity contribution in [1.29, 1.82) is 0 Å². The highest BCUT2D eigenvalue weighted by atomic mass is 16.1. The lowest BCUT2D eigenvalue weighted by Gasteiger charge is -2.18. The van der Waals surface area contributed by atoms with E-state index in [9.17, 15) is 4.79 Å². The second kappa shape index (κ2) is 5.71. The van der Waals surface area contributed by atoms with Gasteiger partial charge in [-0.15, -0.1) is 0 Å². The molecule has 2 heterocycles. The predicted octanol–water partition coefficient (Wildman–Crippen LogP) is 1.58. The van der Waals surface area contributed by atoms with E-state index in [1.807, 2.05) is 35.5 Å². The third kappa shape index (κ3) is 3.15. The van der Waals surface area contributed by atoms with Crippen LogP contribution in [0.4, 0.5) is 0 Å². The number of rotatable bonds is 6. The molecule has 2 aromatic rings. The van der Waals surface area contributed by atoms with E-state index in [0.29, 0.717) is 18.9 Å². The van der Waals surface area contributed by atoms with E-state index >= 15 is 0 Å². The van der Waals surface area contributed by atoms with Crippen LogP contribution in [0.3, 0.4) is 0 Å². The van der Waals surface area contributed by atoms with E-state index in [1.54, 1.807) is 12.4 Å². The minimum atomic E-state index is 0.0429. The van der Waals surface area contributed by atoms with Gasteiger partial charge in [0.25, 0.3) is 0 Å². The van der Waals surface area contributed by atoms with Gasteiger partial charge in [0, 0.05) is 44.8 Å². The first kappa shape index (κ1) is 13.9. The second-order valence-corrected chi connectivity index (χ2v) is 5.70. The van der Waals surface area contributed by atoms with Gasteiger partial charge in [0.1, 0.15) is 11.6 Å². The van der Waals surface area contributed by atoms with Gasteiger partial charge in [-0.1, -0.05) is 0 Å². The number of carbonyl (C=O) groups excluding carboxylic acids is 1. The van der Waals surface area contributed by atoms with Gasteiger partial charge in [0.2, 0.25) is 5.91 Å². The Labute approximate surface area is 124 Å². The summed E-state index contributed by atoms with van der Waals surface area (Å²) < 4.78 is 3.98. The van der Waals surface area contributed by atoms with Crippen LogP contribution in [0.1, 0.15) is 37.0 Å². The van der Waals surface area contributed by atoms with Crippen LogP contribution in [0.5, 0.6) is 0 Å². The molecule has 1 saturated carbocycles. The van der Waals surface area contributed by atoms with Gasteiger partial charge in [-0.2, -0.15) is 0 Å². The normalized spacial score (nSPS) is 15.9. The standard InChI is InChI=1S/C15H21N5O/c1-11-16-7-10-20(11)8-5-13(21)18-14(12-3-4-12)15-17-6-9-19(15)2/h6-7,9-10,12,14H,3-5,8H2,1-2H3,(H,18,21)/t14-/m1/s1. The van der Waals surface area contributed by atoms with E-state index in [-0.39, 0.29) is 11.9 Å². The summed E-state index contributed by atoms with van der Waals surface area (Å²) in [5.74, 6) is 2.49. The summed E-state index contributed by atoms with van der Waals surface area (Å²) >= 11 is 0. The van der Waals surface area contributed by atoms with E-state index in [2.05, 4.69) is 15.3 Å². The maximum Gasteiger partial charge on any atom is 0.222 e. The van der Waals surface area contributed by atoms with E-state index in [1.165, 1.54) is 12.8 Å². The molecule has 21 heavy (non-hydrogen) atoms. The molecule has 112 valence electrons. The van der Waals surface area contributed by atoms with Crippen LogP contribution >= 0.6 is 0 Å². The number of imidazole rings is 2. The molecule has 1 aliphatic carbocycles. The monoisotopic (exact) mass is 287 g/mol. The van der Waals surface area contributed by atoms with Crippen LogP contribution in [0, 0.1) is 12.8 Å². The van der Waals surface area contributed by atoms with E-state index < -0.39 is 0 Å². The first-order valence-electron chi connectivity index (χ1n) is 7.39. The molecular weight excluding hydrogens is 266 g/mol. The van der Waals surface area contributed by atoms with Crippen LogP contribution in [0.15, 0.2) is 24.8 Å². The number of nitrogens with zero attached hydrogens (tertiary/aromatic N) is 4. The molecule has 0 bridgehead atoms. The zero-order valence-corrected chi connectivity index (χ0v) is 12.5. The van der Waals surface area contributed by atoms with Crippen LogP contribution in [-0.4, -0.2) is 25.0 Å². The summed E-state index contributed by atoms with van der Waals surface area (Å²) in [6.45, 7) is 2.61. The Morgan fingerprint density at radius 1 is 1.38 bits per heavy atom. The number of hydrogen-bond acceptors (Lipinski definition) is 3. The van der Waals surface area contributed by atoms with Gasteiger partial charge in [-0.05, 0) is 25.7 Å². The highest BCUT2D eigenvalue weighted by Crippen LogP contribution is 2.40. The molecule has 0 spiro atoms. The van der Waals surface area contributed by atoms with Gasteiger partial charge >= 0.3 is 0 Å². The lowest BCUT2D eigenvalue weighted by atomic mass is 10.1. The third-order valence-corrected chi connectivity index (χ3v) is 4.05. The Morgan fingerprint density at radius 3 is 2.71 bits per heavy atom. The van der Waals surface area contributed by atoms with Crippen molar-refractivity contribution in [2.75, 3.05) is 0 Å². The SMILES string of the molecule is Cc1nccn1CCC(=O)N[C@@H](c1nccn1C)C1CC1. The number of nitrogens with one attached hydrogen (secondary N) is 1. The maximum absolute atomic E-state index is 12.2. The summed E-state index contributed by atoms with van der Waals surface area (Å²) in [6.07, 6.45) is 10.2. The van der Waals surface area contributed by atoms with Crippen molar-refractivity contribution in [2.24, 2.45) is 13.0 Å². The molecule has 1 N–H and O–H groups in total. The van der Waals surface area contributed by atoms with Crippen molar-refractivity contribution in [1.82, 2.24) is 24.4 Å². The third-order valence-electron chi connectivity index (χ3n) is 4.05. The van der Waals surface area contributed by atoms with Crippen molar-refractivity contribution >= 4 is 5.91 Å². The molecule has 3 rings (SSSR count). The molecule has 2 aromatic heterocycles. The fourth-order valence-electron chi connectivity index (χ4n) is 2.61. The van der Waals surface area contributed by atoms with Crippen molar-refractivity contribution < 1.29 is 4.79 Å². The van der Waals surface area contributed by atoms with E-state index in [4.69, 9.17) is 0 Å². The second-order valence-electron chi connectivity index (χ2n) is 5.70. The van der Waals surface area contributed by atoms with Gasteiger partial charge < -0.3 is 14.5 Å². The number of amides is 1. The zero-order chi connectivity index (χ0) is 14.8. The molecule has 1 fully saturated rings. The number of aromatic nitrogens is 4. The van der Waals surface area contributed by atoms with Gasteiger partial charge in [-0.25, -0.2) is 9.97 Å². The number of hydrogen-bond donors (Lipinski definition) is 1. The van der Waals surface area contributed by atoms with Gasteiger partial charge in [0.05, 0.1) is 6.04 Å². The predicted molar refractivity (Wildman–Crippen MR) is 78.4 cm³/mol. The zero-order valence-electron chi connectivity index (χ0n) is 12.5. The highest BCUT2D eigenvalue weighted by Gasteiger charge is 2.35. The van der Waals surface area contributed by atoms with Crippen molar-refractivity contribution in [2.45, 2.75) is 38.8 Å². The Hall–Kier alpha value is -2.11. The molecule has 1 atom stereocenters. The average molecular weight is 287 g/mol. The number of carbonyl (C=O) groups is 1. The summed E-state index contributed by atoms with van der Waals surface area (Å²) in [5, 5.41) is 3.15. The van der Waals surface area contributed by atoms with Crippen molar-refractivity contribution in [3.8, 4) is 0 Å². The van der Waals surface area contributed by atoms with Crippen LogP contribution in [-0.2, 0) is 18.4 Å². The van der Waals surface area contributed by atoms with E-state index in [0.717, 1.165) is 11.6 Å². The molecule has 1 amide bonds. The quantitative estimate of drug-likeness (QED) is 0.877. The minimum Gasteiger partial charge on any atom is -0.346 e. The molecule has 0 saturated heterocycles. The topological polar surface area (TPSA) is 64.7 Å². The lowest BCUT2D eigenvalue weighted by molar-refractivity contribution is -0.122. The fraction of sp³-hybridized carbons (Fsp3) is 0.533. The molecule has 6 nitrogen and oxygen atoms in total. The molecule has 0 radical (unpaired) electrons. The fourth-order valence-corrected chi connectivity index (χ4v) is 2.61. The Morgan fingerprint density at radius 2 is 2.14 bits per heavy atom. The minimum absolute atomic E-state index is 0.0429. The average Bonchev–Trinajstić information content (AvgIpc) is 3.09. The van der Waals surface area contributed by atoms with Crippen molar-refractivity contribution in [3.63, 3.8) is 0 Å².